The van der Waals surface area contributed by atoms with Crippen molar-refractivity contribution < 1.29 is 37.4 Å². The lowest BCUT2D eigenvalue weighted by Crippen LogP contribution is -2.48. The van der Waals surface area contributed by atoms with Crippen LogP contribution in [0.3, 0.4) is 0 Å². The van der Waals surface area contributed by atoms with Gasteiger partial charge in [-0.25, -0.2) is 13.6 Å². The first-order valence-corrected chi connectivity index (χ1v) is 10.5. The van der Waals surface area contributed by atoms with Crippen LogP contribution in [0.5, 0.6) is 5.75 Å². The summed E-state index contributed by atoms with van der Waals surface area (Å²) in [6.07, 6.45) is -0.976. The van der Waals surface area contributed by atoms with Gasteiger partial charge in [-0.1, -0.05) is 30.3 Å². The van der Waals surface area contributed by atoms with Gasteiger partial charge in [0.05, 0.1) is 7.11 Å². The lowest BCUT2D eigenvalue weighted by molar-refractivity contribution is -0.135. The van der Waals surface area contributed by atoms with Crippen LogP contribution >= 0.6 is 0 Å². The predicted octanol–water partition coefficient (Wildman–Crippen LogP) is 1.36. The van der Waals surface area contributed by atoms with Crippen molar-refractivity contribution in [3.8, 4) is 5.75 Å². The molecule has 2 aromatic carbocycles. The molecule has 1 aliphatic heterocycles. The SMILES string of the molecule is COc1cc(F)c([C@@H]2CN(CC(=O)NNC(C)=O)C(=O)[C@H]2NC(=O)OCc2ccccc2)c(F)c1. The first-order valence-electron chi connectivity index (χ1n) is 10.5. The van der Waals surface area contributed by atoms with Gasteiger partial charge in [0.15, 0.2) is 0 Å². The molecular weight excluding hydrogens is 466 g/mol. The van der Waals surface area contributed by atoms with E-state index >= 15 is 0 Å². The lowest BCUT2D eigenvalue weighted by atomic mass is 9.93. The fraction of sp³-hybridized carbons (Fsp3) is 0.304. The Kier molecular flexibility index (Phi) is 8.18. The fourth-order valence-corrected chi connectivity index (χ4v) is 3.66. The average molecular weight is 490 g/mol. The zero-order valence-electron chi connectivity index (χ0n) is 19.0. The van der Waals surface area contributed by atoms with Gasteiger partial charge in [0.1, 0.15) is 36.6 Å². The van der Waals surface area contributed by atoms with Gasteiger partial charge in [-0.05, 0) is 5.56 Å². The quantitative estimate of drug-likeness (QED) is 0.504. The third-order valence-corrected chi connectivity index (χ3v) is 5.25. The van der Waals surface area contributed by atoms with Crippen LogP contribution in [0.25, 0.3) is 0 Å². The van der Waals surface area contributed by atoms with Crippen LogP contribution in [0, 0.1) is 11.6 Å². The molecule has 3 rings (SSSR count). The van der Waals surface area contributed by atoms with E-state index in [1.54, 1.807) is 30.3 Å². The number of hydrazine groups is 1. The Balaban J connectivity index is 1.81. The molecule has 3 N–H and O–H groups in total. The highest BCUT2D eigenvalue weighted by Crippen LogP contribution is 2.34. The third kappa shape index (κ3) is 6.43. The summed E-state index contributed by atoms with van der Waals surface area (Å²) in [6, 6.07) is 9.27. The predicted molar refractivity (Wildman–Crippen MR) is 118 cm³/mol. The molecule has 1 aliphatic rings. The average Bonchev–Trinajstić information content (AvgIpc) is 3.11. The molecule has 186 valence electrons. The van der Waals surface area contributed by atoms with Crippen LogP contribution in [-0.2, 0) is 25.7 Å². The van der Waals surface area contributed by atoms with Crippen molar-refractivity contribution in [1.82, 2.24) is 21.1 Å². The van der Waals surface area contributed by atoms with Crippen molar-refractivity contribution >= 4 is 23.8 Å². The van der Waals surface area contributed by atoms with E-state index in [1.807, 2.05) is 0 Å². The molecule has 0 aliphatic carbocycles. The van der Waals surface area contributed by atoms with Crippen LogP contribution in [0.1, 0.15) is 24.0 Å². The second-order valence-corrected chi connectivity index (χ2v) is 7.74. The lowest BCUT2D eigenvalue weighted by Gasteiger charge is -2.20. The fourth-order valence-electron chi connectivity index (χ4n) is 3.66. The molecule has 0 saturated carbocycles. The van der Waals surface area contributed by atoms with E-state index in [0.29, 0.717) is 5.56 Å². The smallest absolute Gasteiger partial charge is 0.408 e. The zero-order valence-corrected chi connectivity index (χ0v) is 19.0. The summed E-state index contributed by atoms with van der Waals surface area (Å²) < 4.78 is 39.7. The number of hydrogen-bond acceptors (Lipinski definition) is 6. The third-order valence-electron chi connectivity index (χ3n) is 5.25. The van der Waals surface area contributed by atoms with Crippen LogP contribution in [0.15, 0.2) is 42.5 Å². The molecule has 0 aromatic heterocycles. The van der Waals surface area contributed by atoms with E-state index in [0.717, 1.165) is 17.0 Å². The Morgan fingerprint density at radius 1 is 1.09 bits per heavy atom. The van der Waals surface area contributed by atoms with Gasteiger partial charge in [0, 0.05) is 37.1 Å². The molecule has 1 heterocycles. The molecule has 1 fully saturated rings. The Morgan fingerprint density at radius 2 is 1.74 bits per heavy atom. The largest absolute Gasteiger partial charge is 0.497 e. The monoisotopic (exact) mass is 490 g/mol. The van der Waals surface area contributed by atoms with Gasteiger partial charge < -0.3 is 19.7 Å². The zero-order chi connectivity index (χ0) is 25.5. The molecule has 0 unspecified atom stereocenters. The Bertz CT molecular complexity index is 1090. The maximum absolute atomic E-state index is 14.8. The molecule has 0 bridgehead atoms. The van der Waals surface area contributed by atoms with Crippen molar-refractivity contribution in [3.05, 3.63) is 65.2 Å². The Morgan fingerprint density at radius 3 is 2.34 bits per heavy atom. The topological polar surface area (TPSA) is 126 Å². The van der Waals surface area contributed by atoms with Crippen LogP contribution < -0.4 is 20.9 Å². The minimum absolute atomic E-state index is 0.0635. The first-order chi connectivity index (χ1) is 16.7. The van der Waals surface area contributed by atoms with Gasteiger partial charge in [-0.15, -0.1) is 0 Å². The van der Waals surface area contributed by atoms with E-state index in [1.165, 1.54) is 14.0 Å². The maximum Gasteiger partial charge on any atom is 0.408 e. The molecule has 0 spiro atoms. The number of nitrogens with zero attached hydrogens (tertiary/aromatic N) is 1. The van der Waals surface area contributed by atoms with E-state index < -0.39 is 59.5 Å². The number of likely N-dealkylation sites (tertiary alicyclic amines) is 1. The number of carbonyl (C=O) groups excluding carboxylic acids is 4. The van der Waals surface area contributed by atoms with E-state index in [-0.39, 0.29) is 18.9 Å². The van der Waals surface area contributed by atoms with Crippen LogP contribution in [-0.4, -0.2) is 55.0 Å². The number of halogens is 2. The minimum atomic E-state index is -1.41. The van der Waals surface area contributed by atoms with Crippen molar-refractivity contribution in [3.63, 3.8) is 0 Å². The summed E-state index contributed by atoms with van der Waals surface area (Å²) >= 11 is 0. The highest BCUT2D eigenvalue weighted by molar-refractivity contribution is 5.92. The molecule has 35 heavy (non-hydrogen) atoms. The van der Waals surface area contributed by atoms with Crippen LogP contribution in [0.2, 0.25) is 0 Å². The minimum Gasteiger partial charge on any atom is -0.497 e. The number of nitrogens with one attached hydrogen (secondary N) is 3. The van der Waals surface area contributed by atoms with Gasteiger partial charge in [0.2, 0.25) is 11.8 Å². The van der Waals surface area contributed by atoms with E-state index in [2.05, 4.69) is 16.2 Å². The summed E-state index contributed by atoms with van der Waals surface area (Å²) in [6.45, 7) is 0.280. The maximum atomic E-state index is 14.8. The summed E-state index contributed by atoms with van der Waals surface area (Å²) in [5.74, 6) is -5.22. The molecular formula is C23H24F2N4O6. The summed E-state index contributed by atoms with van der Waals surface area (Å²) in [4.78, 5) is 49.6. The highest BCUT2D eigenvalue weighted by atomic mass is 19.1. The normalized spacial score (nSPS) is 17.0. The number of hydrogen-bond donors (Lipinski definition) is 3. The Hall–Kier alpha value is -4.22. The summed E-state index contributed by atoms with van der Waals surface area (Å²) in [7, 11) is 1.25. The second kappa shape index (κ2) is 11.3. The number of methoxy groups -OCH3 is 1. The highest BCUT2D eigenvalue weighted by Gasteiger charge is 2.45. The molecule has 2 aromatic rings. The van der Waals surface area contributed by atoms with Crippen LogP contribution in [0.4, 0.5) is 13.6 Å². The van der Waals surface area contributed by atoms with Crippen molar-refractivity contribution in [1.29, 1.82) is 0 Å². The van der Waals surface area contributed by atoms with E-state index in [4.69, 9.17) is 9.47 Å². The molecule has 12 heteroatoms. The van der Waals surface area contributed by atoms with Crippen molar-refractivity contribution in [2.45, 2.75) is 25.5 Å². The van der Waals surface area contributed by atoms with Gasteiger partial charge in [-0.2, -0.15) is 0 Å². The van der Waals surface area contributed by atoms with E-state index in [9.17, 15) is 28.0 Å². The number of ether oxygens (including phenoxy) is 2. The Labute approximate surface area is 199 Å². The molecule has 1 saturated heterocycles. The molecule has 10 nitrogen and oxygen atoms in total. The number of alkyl carbamates (subject to hydrolysis) is 1. The molecule has 0 radical (unpaired) electrons. The second-order valence-electron chi connectivity index (χ2n) is 7.74. The number of benzene rings is 2. The van der Waals surface area contributed by atoms with Crippen molar-refractivity contribution in [2.24, 2.45) is 0 Å². The first kappa shape index (κ1) is 25.4. The number of amides is 4. The van der Waals surface area contributed by atoms with Crippen molar-refractivity contribution in [2.75, 3.05) is 20.2 Å². The number of carbonyl (C=O) groups is 4. The molecule has 2 atom stereocenters. The summed E-state index contributed by atoms with van der Waals surface area (Å²) in [5, 5.41) is 2.37. The van der Waals surface area contributed by atoms with Gasteiger partial charge in [-0.3, -0.25) is 25.2 Å². The van der Waals surface area contributed by atoms with Gasteiger partial charge in [0.25, 0.3) is 5.91 Å². The standard InChI is InChI=1S/C23H24F2N4O6/c1-13(30)27-28-19(31)11-29-10-16(20-17(24)8-15(34-2)9-18(20)25)21(22(29)32)26-23(33)35-12-14-6-4-3-5-7-14/h3-9,16,21H,10-12H2,1-2H3,(H,26,33)(H,27,30)(H,28,31)/t16-,21-/m0/s1. The summed E-state index contributed by atoms with van der Waals surface area (Å²) in [5.41, 5.74) is 4.44. The van der Waals surface area contributed by atoms with Gasteiger partial charge >= 0.3 is 6.09 Å². The molecule has 4 amide bonds. The number of rotatable bonds is 7.